The van der Waals surface area contributed by atoms with Gasteiger partial charge in [0.15, 0.2) is 6.10 Å². The molecule has 0 fully saturated rings. The van der Waals surface area contributed by atoms with Gasteiger partial charge in [-0.15, -0.1) is 10.2 Å². The quantitative estimate of drug-likeness (QED) is 0.663. The Balaban J connectivity index is 2.02. The van der Waals surface area contributed by atoms with Crippen molar-refractivity contribution in [1.82, 2.24) is 15.2 Å². The second kappa shape index (κ2) is 7.28. The van der Waals surface area contributed by atoms with Crippen LogP contribution in [0.4, 0.5) is 5.13 Å². The van der Waals surface area contributed by atoms with Crippen LogP contribution >= 0.6 is 22.9 Å². The van der Waals surface area contributed by atoms with Crippen LogP contribution in [0.25, 0.3) is 0 Å². The van der Waals surface area contributed by atoms with Crippen molar-refractivity contribution in [3.05, 3.63) is 34.1 Å². The lowest BCUT2D eigenvalue weighted by atomic mass is 10.2. The third-order valence-electron chi connectivity index (χ3n) is 2.63. The van der Waals surface area contributed by atoms with Gasteiger partial charge < -0.3 is 4.74 Å². The van der Waals surface area contributed by atoms with Gasteiger partial charge in [0.2, 0.25) is 5.13 Å². The summed E-state index contributed by atoms with van der Waals surface area (Å²) in [6.07, 6.45) is 0.793. The molecule has 0 aromatic carbocycles. The Morgan fingerprint density at radius 2 is 2.23 bits per heavy atom. The molecule has 22 heavy (non-hydrogen) atoms. The first-order valence-electron chi connectivity index (χ1n) is 6.43. The summed E-state index contributed by atoms with van der Waals surface area (Å²) in [5.74, 6) is -1.09. The number of aromatic nitrogens is 3. The number of carbonyl (C=O) groups excluding carboxylic acids is 2. The molecule has 116 valence electrons. The summed E-state index contributed by atoms with van der Waals surface area (Å²) in [6.45, 7) is 3.51. The first-order valence-corrected chi connectivity index (χ1v) is 7.62. The molecule has 9 heteroatoms. The van der Waals surface area contributed by atoms with Crippen LogP contribution < -0.4 is 5.32 Å². The van der Waals surface area contributed by atoms with E-state index < -0.39 is 18.0 Å². The second-order valence-electron chi connectivity index (χ2n) is 4.28. The van der Waals surface area contributed by atoms with Crippen molar-refractivity contribution in [2.24, 2.45) is 0 Å². The summed E-state index contributed by atoms with van der Waals surface area (Å²) in [5, 5.41) is 11.4. The molecule has 1 unspecified atom stereocenters. The van der Waals surface area contributed by atoms with Crippen molar-refractivity contribution in [3.8, 4) is 0 Å². The summed E-state index contributed by atoms with van der Waals surface area (Å²) in [5.41, 5.74) is 0.234. The van der Waals surface area contributed by atoms with Crippen LogP contribution in [0.3, 0.4) is 0 Å². The molecule has 2 aromatic rings. The maximum Gasteiger partial charge on any atom is 0.339 e. The van der Waals surface area contributed by atoms with E-state index in [1.807, 2.05) is 0 Å². The fourth-order valence-electron chi connectivity index (χ4n) is 1.58. The number of pyridine rings is 1. The molecule has 1 atom stereocenters. The number of nitrogens with one attached hydrogen (secondary N) is 1. The lowest BCUT2D eigenvalue weighted by Gasteiger charge is -2.14. The molecule has 1 N–H and O–H groups in total. The summed E-state index contributed by atoms with van der Waals surface area (Å²) < 4.78 is 5.20. The van der Waals surface area contributed by atoms with Crippen molar-refractivity contribution < 1.29 is 14.3 Å². The normalized spacial score (nSPS) is 11.8. The second-order valence-corrected chi connectivity index (χ2v) is 5.85. The zero-order chi connectivity index (χ0) is 16.1. The van der Waals surface area contributed by atoms with Gasteiger partial charge in [-0.2, -0.15) is 0 Å². The van der Waals surface area contributed by atoms with Crippen molar-refractivity contribution in [2.45, 2.75) is 26.4 Å². The van der Waals surface area contributed by atoms with Crippen molar-refractivity contribution in [2.75, 3.05) is 5.32 Å². The molecule has 0 bridgehead atoms. The molecular weight excluding hydrogens is 328 g/mol. The van der Waals surface area contributed by atoms with E-state index in [1.165, 1.54) is 29.7 Å². The van der Waals surface area contributed by atoms with Crippen LogP contribution in [-0.4, -0.2) is 33.2 Å². The first-order chi connectivity index (χ1) is 10.5. The molecule has 0 aliphatic rings. The molecular formula is C13H13ClN4O3S. The summed E-state index contributed by atoms with van der Waals surface area (Å²) >= 11 is 6.96. The van der Waals surface area contributed by atoms with Gasteiger partial charge in [-0.1, -0.05) is 29.9 Å². The zero-order valence-corrected chi connectivity index (χ0v) is 13.4. The molecule has 0 saturated carbocycles. The maximum atomic E-state index is 12.1. The first kappa shape index (κ1) is 16.3. The molecule has 0 radical (unpaired) electrons. The number of hydrogen-bond acceptors (Lipinski definition) is 7. The van der Waals surface area contributed by atoms with E-state index >= 15 is 0 Å². The van der Waals surface area contributed by atoms with E-state index in [9.17, 15) is 9.59 Å². The van der Waals surface area contributed by atoms with Crippen LogP contribution in [0, 0.1) is 6.92 Å². The lowest BCUT2D eigenvalue weighted by molar-refractivity contribution is -0.124. The Labute approximate surface area is 135 Å². The molecule has 1 amide bonds. The number of aryl methyl sites for hydroxylation is 1. The highest BCUT2D eigenvalue weighted by Gasteiger charge is 2.23. The predicted molar refractivity (Wildman–Crippen MR) is 82.0 cm³/mol. The van der Waals surface area contributed by atoms with E-state index in [0.29, 0.717) is 11.6 Å². The largest absolute Gasteiger partial charge is 0.449 e. The van der Waals surface area contributed by atoms with Gasteiger partial charge in [-0.3, -0.25) is 10.1 Å². The molecule has 2 aromatic heterocycles. The maximum absolute atomic E-state index is 12.1. The average molecular weight is 341 g/mol. The lowest BCUT2D eigenvalue weighted by Crippen LogP contribution is -2.32. The minimum atomic E-state index is -0.927. The van der Waals surface area contributed by atoms with Crippen LogP contribution in [0.1, 0.15) is 28.7 Å². The zero-order valence-electron chi connectivity index (χ0n) is 11.9. The summed E-state index contributed by atoms with van der Waals surface area (Å²) in [6, 6.07) is 2.84. The van der Waals surface area contributed by atoms with E-state index in [0.717, 1.165) is 5.01 Å². The van der Waals surface area contributed by atoms with Gasteiger partial charge in [0.1, 0.15) is 10.2 Å². The molecule has 2 rings (SSSR count). The minimum Gasteiger partial charge on any atom is -0.449 e. The Morgan fingerprint density at radius 1 is 1.45 bits per heavy atom. The van der Waals surface area contributed by atoms with Crippen LogP contribution in [0.15, 0.2) is 18.3 Å². The average Bonchev–Trinajstić information content (AvgIpc) is 2.89. The number of carbonyl (C=O) groups is 2. The van der Waals surface area contributed by atoms with Crippen LogP contribution in [0.2, 0.25) is 5.15 Å². The molecule has 0 aliphatic heterocycles. The van der Waals surface area contributed by atoms with E-state index in [2.05, 4.69) is 20.5 Å². The highest BCUT2D eigenvalue weighted by atomic mass is 35.5. The Morgan fingerprint density at radius 3 is 2.82 bits per heavy atom. The number of rotatable bonds is 5. The molecule has 2 heterocycles. The Kier molecular flexibility index (Phi) is 5.40. The monoisotopic (exact) mass is 340 g/mol. The van der Waals surface area contributed by atoms with E-state index in [1.54, 1.807) is 13.8 Å². The van der Waals surface area contributed by atoms with Gasteiger partial charge in [-0.05, 0) is 25.5 Å². The molecule has 0 aliphatic carbocycles. The third-order valence-corrected chi connectivity index (χ3v) is 3.59. The Bertz CT molecular complexity index is 691. The number of esters is 1. The molecule has 0 spiro atoms. The van der Waals surface area contributed by atoms with Gasteiger partial charge in [0.05, 0.1) is 5.56 Å². The standard InChI is InChI=1S/C13H13ClN4O3S/c1-3-9(11(19)16-13-18-17-7(2)22-13)21-12(20)8-4-5-15-10(14)6-8/h4-6,9H,3H2,1-2H3,(H,16,18,19). The smallest absolute Gasteiger partial charge is 0.339 e. The summed E-state index contributed by atoms with van der Waals surface area (Å²) in [4.78, 5) is 27.9. The SMILES string of the molecule is CCC(OC(=O)c1ccnc(Cl)c1)C(=O)Nc1nnc(C)s1. The van der Waals surface area contributed by atoms with Gasteiger partial charge in [0.25, 0.3) is 5.91 Å². The van der Waals surface area contributed by atoms with Gasteiger partial charge in [0, 0.05) is 6.20 Å². The molecule has 0 saturated heterocycles. The Hall–Kier alpha value is -2.06. The molecule has 7 nitrogen and oxygen atoms in total. The third kappa shape index (κ3) is 4.22. The highest BCUT2D eigenvalue weighted by molar-refractivity contribution is 7.15. The number of amides is 1. The van der Waals surface area contributed by atoms with Crippen LogP contribution in [0.5, 0.6) is 0 Å². The van der Waals surface area contributed by atoms with Gasteiger partial charge in [-0.25, -0.2) is 9.78 Å². The number of nitrogens with zero attached hydrogens (tertiary/aromatic N) is 3. The predicted octanol–water partition coefficient (Wildman–Crippen LogP) is 2.47. The summed E-state index contributed by atoms with van der Waals surface area (Å²) in [7, 11) is 0. The van der Waals surface area contributed by atoms with E-state index in [4.69, 9.17) is 16.3 Å². The van der Waals surface area contributed by atoms with Crippen molar-refractivity contribution in [1.29, 1.82) is 0 Å². The highest BCUT2D eigenvalue weighted by Crippen LogP contribution is 2.16. The number of halogens is 1. The topological polar surface area (TPSA) is 94.1 Å². The van der Waals surface area contributed by atoms with Crippen molar-refractivity contribution >= 4 is 39.9 Å². The number of hydrogen-bond donors (Lipinski definition) is 1. The van der Waals surface area contributed by atoms with E-state index in [-0.39, 0.29) is 10.7 Å². The fourth-order valence-corrected chi connectivity index (χ4v) is 2.35. The minimum absolute atomic E-state index is 0.177. The van der Waals surface area contributed by atoms with Gasteiger partial charge >= 0.3 is 5.97 Å². The number of ether oxygens (including phenoxy) is 1. The fraction of sp³-hybridized carbons (Fsp3) is 0.308. The van der Waals surface area contributed by atoms with Crippen molar-refractivity contribution in [3.63, 3.8) is 0 Å². The number of anilines is 1. The van der Waals surface area contributed by atoms with Crippen LogP contribution in [-0.2, 0) is 9.53 Å².